The van der Waals surface area contributed by atoms with Gasteiger partial charge in [0.05, 0.1) is 5.92 Å². The van der Waals surface area contributed by atoms with Crippen molar-refractivity contribution in [2.75, 3.05) is 32.1 Å². The molecule has 0 radical (unpaired) electrons. The van der Waals surface area contributed by atoms with Crippen molar-refractivity contribution in [3.05, 3.63) is 66.1 Å². The first-order valence-corrected chi connectivity index (χ1v) is 9.07. The van der Waals surface area contributed by atoms with E-state index in [-0.39, 0.29) is 11.8 Å². The number of benzene rings is 2. The Labute approximate surface area is 158 Å². The average molecular weight is 362 g/mol. The van der Waals surface area contributed by atoms with Gasteiger partial charge in [0.1, 0.15) is 0 Å². The summed E-state index contributed by atoms with van der Waals surface area (Å²) in [5.74, 6) is 1.25. The Morgan fingerprint density at radius 1 is 1.07 bits per heavy atom. The number of hydrogen-bond donors (Lipinski definition) is 0. The first-order valence-electron chi connectivity index (χ1n) is 9.07. The SMILES string of the molecule is CN(C)c1ccc(-c2nnc([C@H]3CCN(C(=O)c4ccccc4)C3)o2)cc1. The molecule has 27 heavy (non-hydrogen) atoms. The Balaban J connectivity index is 1.45. The molecule has 0 N–H and O–H groups in total. The van der Waals surface area contributed by atoms with E-state index in [1.54, 1.807) is 0 Å². The molecule has 1 aromatic heterocycles. The molecular weight excluding hydrogens is 340 g/mol. The first-order chi connectivity index (χ1) is 13.1. The summed E-state index contributed by atoms with van der Waals surface area (Å²) in [6.07, 6.45) is 0.833. The van der Waals surface area contributed by atoms with E-state index in [1.807, 2.05) is 78.5 Å². The molecule has 6 nitrogen and oxygen atoms in total. The summed E-state index contributed by atoms with van der Waals surface area (Å²) in [6.45, 7) is 1.31. The molecule has 2 aromatic carbocycles. The topological polar surface area (TPSA) is 62.5 Å². The zero-order valence-corrected chi connectivity index (χ0v) is 15.5. The third-order valence-corrected chi connectivity index (χ3v) is 4.92. The van der Waals surface area contributed by atoms with E-state index in [1.165, 1.54) is 0 Å². The van der Waals surface area contributed by atoms with Gasteiger partial charge >= 0.3 is 0 Å². The number of nitrogens with zero attached hydrogens (tertiary/aromatic N) is 4. The Kier molecular flexibility index (Phi) is 4.62. The lowest BCUT2D eigenvalue weighted by molar-refractivity contribution is 0.0790. The van der Waals surface area contributed by atoms with Gasteiger partial charge in [0.2, 0.25) is 11.8 Å². The Morgan fingerprint density at radius 2 is 1.81 bits per heavy atom. The van der Waals surface area contributed by atoms with Crippen LogP contribution in [0.25, 0.3) is 11.5 Å². The third-order valence-electron chi connectivity index (χ3n) is 4.92. The number of likely N-dealkylation sites (tertiary alicyclic amines) is 1. The van der Waals surface area contributed by atoms with E-state index < -0.39 is 0 Å². The summed E-state index contributed by atoms with van der Waals surface area (Å²) in [7, 11) is 4.00. The van der Waals surface area contributed by atoms with Crippen LogP contribution in [0, 0.1) is 0 Å². The van der Waals surface area contributed by atoms with Crippen LogP contribution in [0.3, 0.4) is 0 Å². The lowest BCUT2D eigenvalue weighted by Gasteiger charge is -2.15. The standard InChI is InChI=1S/C21H22N4O2/c1-24(2)18-10-8-15(9-11-18)19-22-23-20(27-19)17-12-13-25(14-17)21(26)16-6-4-3-5-7-16/h3-11,17H,12-14H2,1-2H3/t17-/m0/s1. The van der Waals surface area contributed by atoms with Crippen LogP contribution in [0.2, 0.25) is 0 Å². The zero-order chi connectivity index (χ0) is 18.8. The van der Waals surface area contributed by atoms with Crippen LogP contribution >= 0.6 is 0 Å². The van der Waals surface area contributed by atoms with Gasteiger partial charge in [0.25, 0.3) is 5.91 Å². The van der Waals surface area contributed by atoms with Crippen LogP contribution in [-0.2, 0) is 0 Å². The van der Waals surface area contributed by atoms with Gasteiger partial charge in [-0.1, -0.05) is 18.2 Å². The molecule has 0 spiro atoms. The quantitative estimate of drug-likeness (QED) is 0.711. The number of rotatable bonds is 4. The summed E-state index contributed by atoms with van der Waals surface area (Å²) in [5.41, 5.74) is 2.73. The van der Waals surface area contributed by atoms with Crippen molar-refractivity contribution in [1.29, 1.82) is 0 Å². The van der Waals surface area contributed by atoms with Crippen molar-refractivity contribution in [3.8, 4) is 11.5 Å². The number of carbonyl (C=O) groups excluding carboxylic acids is 1. The summed E-state index contributed by atoms with van der Waals surface area (Å²) < 4.78 is 5.91. The van der Waals surface area contributed by atoms with E-state index in [2.05, 4.69) is 10.2 Å². The molecule has 1 atom stereocenters. The molecule has 3 aromatic rings. The summed E-state index contributed by atoms with van der Waals surface area (Å²) in [4.78, 5) is 16.5. The van der Waals surface area contributed by atoms with E-state index in [9.17, 15) is 4.79 Å². The fourth-order valence-electron chi connectivity index (χ4n) is 3.33. The highest BCUT2D eigenvalue weighted by molar-refractivity contribution is 5.94. The molecule has 1 aliphatic heterocycles. The van der Waals surface area contributed by atoms with Gasteiger partial charge < -0.3 is 14.2 Å². The highest BCUT2D eigenvalue weighted by Gasteiger charge is 2.31. The van der Waals surface area contributed by atoms with E-state index >= 15 is 0 Å². The Morgan fingerprint density at radius 3 is 2.52 bits per heavy atom. The minimum atomic E-state index is 0.0529. The molecule has 1 saturated heterocycles. The predicted molar refractivity (Wildman–Crippen MR) is 104 cm³/mol. The number of aromatic nitrogens is 2. The molecule has 1 aliphatic rings. The van der Waals surface area contributed by atoms with Gasteiger partial charge in [-0.05, 0) is 42.8 Å². The van der Waals surface area contributed by atoms with Crippen LogP contribution in [0.1, 0.15) is 28.6 Å². The molecule has 0 bridgehead atoms. The zero-order valence-electron chi connectivity index (χ0n) is 15.5. The van der Waals surface area contributed by atoms with E-state index in [0.717, 1.165) is 17.7 Å². The molecule has 1 fully saturated rings. The Bertz CT molecular complexity index is 919. The number of carbonyl (C=O) groups is 1. The highest BCUT2D eigenvalue weighted by atomic mass is 16.4. The van der Waals surface area contributed by atoms with Crippen LogP contribution in [0.5, 0.6) is 0 Å². The van der Waals surface area contributed by atoms with Crippen LogP contribution in [0.4, 0.5) is 5.69 Å². The van der Waals surface area contributed by atoms with E-state index in [4.69, 9.17) is 4.42 Å². The third kappa shape index (κ3) is 3.56. The lowest BCUT2D eigenvalue weighted by Crippen LogP contribution is -2.28. The minimum absolute atomic E-state index is 0.0529. The first kappa shape index (κ1) is 17.3. The highest BCUT2D eigenvalue weighted by Crippen LogP contribution is 2.30. The second-order valence-electron chi connectivity index (χ2n) is 6.99. The molecule has 1 amide bonds. The maximum absolute atomic E-state index is 12.6. The minimum Gasteiger partial charge on any atom is -0.420 e. The predicted octanol–water partition coefficient (Wildman–Crippen LogP) is 3.43. The summed E-state index contributed by atoms with van der Waals surface area (Å²) >= 11 is 0. The largest absolute Gasteiger partial charge is 0.420 e. The van der Waals surface area contributed by atoms with Crippen molar-refractivity contribution >= 4 is 11.6 Å². The number of anilines is 1. The van der Waals surface area contributed by atoms with Crippen molar-refractivity contribution < 1.29 is 9.21 Å². The molecule has 2 heterocycles. The van der Waals surface area contributed by atoms with Crippen molar-refractivity contribution in [2.45, 2.75) is 12.3 Å². The number of amides is 1. The van der Waals surface area contributed by atoms with Gasteiger partial charge in [0.15, 0.2) is 0 Å². The monoisotopic (exact) mass is 362 g/mol. The molecule has 0 unspecified atom stereocenters. The van der Waals surface area contributed by atoms with Gasteiger partial charge in [-0.2, -0.15) is 0 Å². The molecular formula is C21H22N4O2. The molecule has 0 aliphatic carbocycles. The van der Waals surface area contributed by atoms with Crippen molar-refractivity contribution in [2.24, 2.45) is 0 Å². The van der Waals surface area contributed by atoms with Crippen LogP contribution in [0.15, 0.2) is 59.0 Å². The molecule has 4 rings (SSSR count). The van der Waals surface area contributed by atoms with Gasteiger partial charge in [0, 0.05) is 44.0 Å². The van der Waals surface area contributed by atoms with Crippen molar-refractivity contribution in [1.82, 2.24) is 15.1 Å². The second-order valence-corrected chi connectivity index (χ2v) is 6.99. The second kappa shape index (κ2) is 7.23. The van der Waals surface area contributed by atoms with Gasteiger partial charge in [-0.15, -0.1) is 10.2 Å². The summed E-state index contributed by atoms with van der Waals surface area (Å²) in [6, 6.07) is 17.4. The fraction of sp³-hybridized carbons (Fsp3) is 0.286. The Hall–Kier alpha value is -3.15. The fourth-order valence-corrected chi connectivity index (χ4v) is 3.33. The van der Waals surface area contributed by atoms with E-state index in [0.29, 0.717) is 30.4 Å². The average Bonchev–Trinajstić information content (AvgIpc) is 3.38. The smallest absolute Gasteiger partial charge is 0.253 e. The van der Waals surface area contributed by atoms with Crippen LogP contribution in [-0.4, -0.2) is 48.2 Å². The summed E-state index contributed by atoms with van der Waals surface area (Å²) in [5, 5.41) is 8.43. The maximum Gasteiger partial charge on any atom is 0.253 e. The molecule has 138 valence electrons. The number of hydrogen-bond acceptors (Lipinski definition) is 5. The van der Waals surface area contributed by atoms with Gasteiger partial charge in [-0.25, -0.2) is 0 Å². The normalized spacial score (nSPS) is 16.5. The van der Waals surface area contributed by atoms with Crippen LogP contribution < -0.4 is 4.90 Å². The maximum atomic E-state index is 12.6. The van der Waals surface area contributed by atoms with Crippen molar-refractivity contribution in [3.63, 3.8) is 0 Å². The lowest BCUT2D eigenvalue weighted by atomic mass is 10.1. The molecule has 0 saturated carbocycles. The van der Waals surface area contributed by atoms with Gasteiger partial charge in [-0.3, -0.25) is 4.79 Å². The molecule has 6 heteroatoms.